The fourth-order valence-corrected chi connectivity index (χ4v) is 15.2. The molecule has 0 saturated carbocycles. The van der Waals surface area contributed by atoms with Gasteiger partial charge in [-0.25, -0.2) is 0 Å². The summed E-state index contributed by atoms with van der Waals surface area (Å²) in [6.45, 7) is 28.4. The summed E-state index contributed by atoms with van der Waals surface area (Å²) in [5.41, 5.74) is 22.7. The van der Waals surface area contributed by atoms with Crippen LogP contribution in [0.15, 0.2) is 133 Å². The zero-order valence-corrected chi connectivity index (χ0v) is 43.2. The summed E-state index contributed by atoms with van der Waals surface area (Å²) in [6.07, 6.45) is 3.15. The summed E-state index contributed by atoms with van der Waals surface area (Å²) in [6, 6.07) is 49.6. The van der Waals surface area contributed by atoms with Crippen LogP contribution in [0.5, 0.6) is 0 Å². The molecule has 2 aliphatic heterocycles. The number of fused-ring (bicyclic) bond motifs is 7. The molecule has 0 fully saturated rings. The van der Waals surface area contributed by atoms with Gasteiger partial charge in [-0.3, -0.25) is 0 Å². The predicted octanol–water partition coefficient (Wildman–Crippen LogP) is 15.7. The topological polar surface area (TPSA) is 9.72 Å². The normalized spacial score (nSPS) is 20.4. The molecule has 12 rings (SSSR count). The van der Waals surface area contributed by atoms with Gasteiger partial charge < -0.3 is 14.7 Å². The van der Waals surface area contributed by atoms with Crippen molar-refractivity contribution in [1.82, 2.24) is 0 Å². The molecule has 0 unspecified atom stereocenters. The molecule has 69 heavy (non-hydrogen) atoms. The van der Waals surface area contributed by atoms with Gasteiger partial charge in [0.05, 0.1) is 0 Å². The zero-order chi connectivity index (χ0) is 51.0. The summed E-state index contributed by atoms with van der Waals surface area (Å²) in [5.74, 6) is 0. The lowest BCUT2D eigenvalue weighted by Gasteiger charge is -2.45. The highest BCUT2D eigenvalue weighted by atomic mass is 15.2. The van der Waals surface area contributed by atoms with Gasteiger partial charge in [0.1, 0.15) is 0 Å². The molecule has 7 aromatic rings. The Labute approximate surface area is 417 Å². The SMILES string of the molecule is [2H]C([2H])([2H])c1cc2c3c(c1)N(c1cc4c(cc1C)C(C)(C)CC4(C)C)c1ccc(N(c4ccccc4)c4ccccc4)cc1B3c1cc3c(cc1N2c1ccc2c(c1)C(C)(C)CC2(C)C)C(C)(C)CC3(C)C. The molecular weight excluding hydrogens is 834 g/mol. The number of aryl methyl sites for hydroxylation is 2. The first-order valence-corrected chi connectivity index (χ1v) is 25.5. The monoisotopic (exact) mass is 907 g/mol. The summed E-state index contributed by atoms with van der Waals surface area (Å²) in [5, 5.41) is 0. The molecule has 0 amide bonds. The highest BCUT2D eigenvalue weighted by Crippen LogP contribution is 2.57. The number of anilines is 9. The molecule has 0 bridgehead atoms. The highest BCUT2D eigenvalue weighted by Gasteiger charge is 2.50. The lowest BCUT2D eigenvalue weighted by atomic mass is 9.33. The molecule has 0 radical (unpaired) electrons. The predicted molar refractivity (Wildman–Crippen MR) is 297 cm³/mol. The van der Waals surface area contributed by atoms with Crippen LogP contribution >= 0.6 is 0 Å². The van der Waals surface area contributed by atoms with Gasteiger partial charge in [-0.15, -0.1) is 0 Å². The first-order valence-electron chi connectivity index (χ1n) is 27.0. The van der Waals surface area contributed by atoms with Crippen molar-refractivity contribution in [3.8, 4) is 0 Å². The minimum atomic E-state index is -2.37. The van der Waals surface area contributed by atoms with E-state index >= 15 is 0 Å². The molecule has 5 aliphatic rings. The van der Waals surface area contributed by atoms with Gasteiger partial charge in [0.2, 0.25) is 0 Å². The van der Waals surface area contributed by atoms with Crippen molar-refractivity contribution in [2.45, 2.75) is 149 Å². The van der Waals surface area contributed by atoms with Crippen LogP contribution in [0.2, 0.25) is 0 Å². The number of para-hydroxylation sites is 2. The van der Waals surface area contributed by atoms with Crippen LogP contribution < -0.4 is 31.1 Å². The number of hydrogen-bond donors (Lipinski definition) is 0. The quantitative estimate of drug-likeness (QED) is 0.159. The average molecular weight is 907 g/mol. The van der Waals surface area contributed by atoms with Crippen LogP contribution in [0.1, 0.15) is 151 Å². The maximum Gasteiger partial charge on any atom is 0.252 e. The number of benzene rings is 7. The second-order valence-electron chi connectivity index (χ2n) is 25.5. The second-order valence-corrected chi connectivity index (χ2v) is 25.5. The van der Waals surface area contributed by atoms with E-state index in [0.717, 1.165) is 75.9 Å². The lowest BCUT2D eigenvalue weighted by molar-refractivity contribution is 0.402. The first kappa shape index (κ1) is 40.8. The van der Waals surface area contributed by atoms with Crippen molar-refractivity contribution >= 4 is 74.3 Å². The molecule has 4 heteroatoms. The van der Waals surface area contributed by atoms with E-state index in [4.69, 9.17) is 0 Å². The van der Waals surface area contributed by atoms with Crippen molar-refractivity contribution in [2.24, 2.45) is 0 Å². The van der Waals surface area contributed by atoms with Crippen molar-refractivity contribution in [1.29, 1.82) is 0 Å². The number of nitrogens with zero attached hydrogens (tertiary/aromatic N) is 3. The Morgan fingerprint density at radius 3 is 1.46 bits per heavy atom. The molecule has 2 heterocycles. The first-order chi connectivity index (χ1) is 33.7. The Balaban J connectivity index is 1.22. The molecule has 0 saturated heterocycles. The Hall–Kier alpha value is -6.00. The molecule has 0 atom stereocenters. The summed E-state index contributed by atoms with van der Waals surface area (Å²) in [4.78, 5) is 7.30. The molecule has 0 aromatic heterocycles. The maximum absolute atomic E-state index is 9.22. The lowest BCUT2D eigenvalue weighted by Crippen LogP contribution is -2.61. The molecule has 348 valence electrons. The summed E-state index contributed by atoms with van der Waals surface area (Å²) in [7, 11) is 0. The van der Waals surface area contributed by atoms with E-state index in [1.54, 1.807) is 0 Å². The van der Waals surface area contributed by atoms with E-state index < -0.39 is 6.85 Å². The molecule has 7 aromatic carbocycles. The molecule has 0 N–H and O–H groups in total. The van der Waals surface area contributed by atoms with E-state index in [-0.39, 0.29) is 39.2 Å². The largest absolute Gasteiger partial charge is 0.311 e. The van der Waals surface area contributed by atoms with Gasteiger partial charge in [-0.05, 0) is 205 Å². The van der Waals surface area contributed by atoms with E-state index in [2.05, 4.69) is 226 Å². The van der Waals surface area contributed by atoms with Crippen molar-refractivity contribution < 1.29 is 4.11 Å². The average Bonchev–Trinajstić information content (AvgIpc) is 3.70. The van der Waals surface area contributed by atoms with Crippen LogP contribution in [0.4, 0.5) is 51.2 Å². The van der Waals surface area contributed by atoms with Crippen LogP contribution in [0.25, 0.3) is 0 Å². The standard InChI is InChI=1S/C65H70BN3/c1-40-29-57-59-58(30-40)69(55-35-50-47(31-41(55)2)61(5,6)38-64(50,11)12)54-28-26-45(67(42-21-17-15-18-22-42)43-23-19-16-20-24-43)33-52(54)66(59)53-34-49-51(65(13,14)39-63(49,9)10)36-56(53)68(57)44-25-27-46-48(32-44)62(7,8)37-60(46,3)4/h15-36H,37-39H2,1-14H3/i1D3. The van der Waals surface area contributed by atoms with E-state index in [1.165, 1.54) is 49.9 Å². The van der Waals surface area contributed by atoms with Crippen molar-refractivity contribution in [3.05, 3.63) is 178 Å². The van der Waals surface area contributed by atoms with Crippen molar-refractivity contribution in [3.63, 3.8) is 0 Å². The molecule has 3 nitrogen and oxygen atoms in total. The molecule has 3 aliphatic carbocycles. The van der Waals surface area contributed by atoms with Gasteiger partial charge in [0.15, 0.2) is 0 Å². The summed E-state index contributed by atoms with van der Waals surface area (Å²) < 4.78 is 27.7. The van der Waals surface area contributed by atoms with Gasteiger partial charge in [-0.1, -0.05) is 138 Å². The van der Waals surface area contributed by atoms with Gasteiger partial charge in [0, 0.05) is 55.3 Å². The fourth-order valence-electron chi connectivity index (χ4n) is 15.2. The van der Waals surface area contributed by atoms with Crippen LogP contribution in [0, 0.1) is 13.8 Å². The van der Waals surface area contributed by atoms with Crippen LogP contribution in [-0.4, -0.2) is 6.71 Å². The molecule has 0 spiro atoms. The minimum absolute atomic E-state index is 0.0209. The number of hydrogen-bond acceptors (Lipinski definition) is 3. The van der Waals surface area contributed by atoms with Gasteiger partial charge in [0.25, 0.3) is 6.71 Å². The van der Waals surface area contributed by atoms with Gasteiger partial charge >= 0.3 is 0 Å². The smallest absolute Gasteiger partial charge is 0.252 e. The second kappa shape index (κ2) is 14.3. The number of rotatable bonds is 5. The fraction of sp³-hybridized carbons (Fsp3) is 0.354. The third kappa shape index (κ3) is 6.45. The van der Waals surface area contributed by atoms with E-state index in [1.807, 2.05) is 12.1 Å². The molecular formula is C65H70BN3. The highest BCUT2D eigenvalue weighted by molar-refractivity contribution is 7.00. The van der Waals surface area contributed by atoms with Crippen LogP contribution in [0.3, 0.4) is 0 Å². The Morgan fingerprint density at radius 2 is 0.899 bits per heavy atom. The van der Waals surface area contributed by atoms with Gasteiger partial charge in [-0.2, -0.15) is 0 Å². The Bertz CT molecular complexity index is 3380. The zero-order valence-electron chi connectivity index (χ0n) is 46.2. The van der Waals surface area contributed by atoms with Crippen molar-refractivity contribution in [2.75, 3.05) is 14.7 Å². The summed E-state index contributed by atoms with van der Waals surface area (Å²) >= 11 is 0. The Morgan fingerprint density at radius 1 is 0.420 bits per heavy atom. The minimum Gasteiger partial charge on any atom is -0.311 e. The van der Waals surface area contributed by atoms with E-state index in [9.17, 15) is 4.11 Å². The third-order valence-corrected chi connectivity index (χ3v) is 17.3. The van der Waals surface area contributed by atoms with E-state index in [0.29, 0.717) is 5.56 Å². The van der Waals surface area contributed by atoms with Crippen LogP contribution in [-0.2, 0) is 32.5 Å². The maximum atomic E-state index is 9.22. The Kier molecular flexibility index (Phi) is 8.47. The third-order valence-electron chi connectivity index (χ3n) is 17.3.